The van der Waals surface area contributed by atoms with E-state index in [2.05, 4.69) is 40.5 Å². The first-order chi connectivity index (χ1) is 13.6. The monoisotopic (exact) mass is 417 g/mol. The zero-order valence-corrected chi connectivity index (χ0v) is 18.4. The van der Waals surface area contributed by atoms with Crippen molar-refractivity contribution in [2.24, 2.45) is 5.92 Å². The summed E-state index contributed by atoms with van der Waals surface area (Å²) in [6, 6.07) is 0. The topological polar surface area (TPSA) is 76.5 Å². The highest BCUT2D eigenvalue weighted by Gasteiger charge is 2.18. The van der Waals surface area contributed by atoms with Crippen LogP contribution >= 0.6 is 23.1 Å². The van der Waals surface area contributed by atoms with E-state index in [1.54, 1.807) is 23.1 Å². The average molecular weight is 418 g/mol. The number of aryl methyl sites for hydroxylation is 2. The molecule has 0 saturated carbocycles. The molecule has 6 nitrogen and oxygen atoms in total. The van der Waals surface area contributed by atoms with Crippen molar-refractivity contribution < 1.29 is 0 Å². The minimum Gasteiger partial charge on any atom is -0.309 e. The number of nitrogens with zero attached hydrogens (tertiary/aromatic N) is 4. The van der Waals surface area contributed by atoms with Crippen molar-refractivity contribution in [1.29, 1.82) is 0 Å². The van der Waals surface area contributed by atoms with Crippen LogP contribution in [-0.2, 0) is 25.1 Å². The molecule has 0 unspecified atom stereocenters. The molecule has 0 aliphatic carbocycles. The van der Waals surface area contributed by atoms with E-state index in [0.717, 1.165) is 47.0 Å². The van der Waals surface area contributed by atoms with Crippen molar-refractivity contribution in [1.82, 2.24) is 24.7 Å². The fourth-order valence-corrected chi connectivity index (χ4v) is 5.65. The van der Waals surface area contributed by atoms with Crippen LogP contribution in [0.2, 0.25) is 0 Å². The standard InChI is InChI=1S/C20H27N5OS2/c1-4-12(2)10-14-13(3)28-19-17(14)18(26)21-15(22-19)11-27-20-24-23-16-8-6-5-7-9-25(16)20/h12H,4-11H2,1-3H3,(H,21,22,26)/t12-/m1/s1. The minimum atomic E-state index is -0.0108. The van der Waals surface area contributed by atoms with E-state index in [0.29, 0.717) is 17.5 Å². The fourth-order valence-electron chi connectivity index (χ4n) is 3.72. The molecule has 0 bridgehead atoms. The Morgan fingerprint density at radius 3 is 2.96 bits per heavy atom. The lowest BCUT2D eigenvalue weighted by Crippen LogP contribution is -2.12. The van der Waals surface area contributed by atoms with Gasteiger partial charge in [0.2, 0.25) is 0 Å². The zero-order chi connectivity index (χ0) is 19.7. The number of thioether (sulfide) groups is 1. The highest BCUT2D eigenvalue weighted by atomic mass is 32.2. The minimum absolute atomic E-state index is 0.0108. The molecule has 0 amide bonds. The van der Waals surface area contributed by atoms with Gasteiger partial charge in [0.05, 0.1) is 11.1 Å². The summed E-state index contributed by atoms with van der Waals surface area (Å²) in [6.45, 7) is 7.51. The van der Waals surface area contributed by atoms with Crippen molar-refractivity contribution in [2.45, 2.75) is 76.8 Å². The van der Waals surface area contributed by atoms with E-state index in [1.165, 1.54) is 29.7 Å². The normalized spacial score (nSPS) is 15.5. The van der Waals surface area contributed by atoms with Crippen LogP contribution in [0.3, 0.4) is 0 Å². The lowest BCUT2D eigenvalue weighted by atomic mass is 9.98. The highest BCUT2D eigenvalue weighted by molar-refractivity contribution is 7.98. The maximum Gasteiger partial charge on any atom is 0.259 e. The first kappa shape index (κ1) is 19.6. The summed E-state index contributed by atoms with van der Waals surface area (Å²) >= 11 is 3.24. The van der Waals surface area contributed by atoms with E-state index in [4.69, 9.17) is 4.98 Å². The molecule has 3 aromatic rings. The van der Waals surface area contributed by atoms with Gasteiger partial charge in [0.25, 0.3) is 5.56 Å². The van der Waals surface area contributed by atoms with Crippen LogP contribution < -0.4 is 5.56 Å². The van der Waals surface area contributed by atoms with Gasteiger partial charge < -0.3 is 9.55 Å². The van der Waals surface area contributed by atoms with Gasteiger partial charge in [-0.1, -0.05) is 38.5 Å². The molecule has 0 fully saturated rings. The second-order valence-electron chi connectivity index (χ2n) is 7.70. The number of hydrogen-bond donors (Lipinski definition) is 1. The van der Waals surface area contributed by atoms with Gasteiger partial charge in [-0.3, -0.25) is 4.79 Å². The van der Waals surface area contributed by atoms with Gasteiger partial charge in [-0.15, -0.1) is 21.5 Å². The molecule has 8 heteroatoms. The first-order valence-electron chi connectivity index (χ1n) is 10.1. The van der Waals surface area contributed by atoms with Gasteiger partial charge >= 0.3 is 0 Å². The molecule has 4 heterocycles. The summed E-state index contributed by atoms with van der Waals surface area (Å²) in [5.41, 5.74) is 1.16. The Balaban J connectivity index is 1.57. The molecule has 0 radical (unpaired) electrons. The van der Waals surface area contributed by atoms with E-state index in [-0.39, 0.29) is 5.56 Å². The first-order valence-corrected chi connectivity index (χ1v) is 11.9. The summed E-state index contributed by atoms with van der Waals surface area (Å²) in [6.07, 6.45) is 6.66. The third-order valence-electron chi connectivity index (χ3n) is 5.57. The van der Waals surface area contributed by atoms with Crippen LogP contribution in [0.15, 0.2) is 9.95 Å². The summed E-state index contributed by atoms with van der Waals surface area (Å²) < 4.78 is 2.23. The van der Waals surface area contributed by atoms with Crippen molar-refractivity contribution in [2.75, 3.05) is 0 Å². The average Bonchev–Trinajstić information content (AvgIpc) is 3.10. The van der Waals surface area contributed by atoms with E-state index >= 15 is 0 Å². The Morgan fingerprint density at radius 1 is 1.29 bits per heavy atom. The van der Waals surface area contributed by atoms with Crippen LogP contribution in [0.1, 0.15) is 61.6 Å². The summed E-state index contributed by atoms with van der Waals surface area (Å²) in [5.74, 6) is 2.96. The summed E-state index contributed by atoms with van der Waals surface area (Å²) in [5, 5.41) is 10.4. The predicted molar refractivity (Wildman–Crippen MR) is 115 cm³/mol. The molecule has 1 N–H and O–H groups in total. The largest absolute Gasteiger partial charge is 0.309 e. The highest BCUT2D eigenvalue weighted by Crippen LogP contribution is 2.30. The van der Waals surface area contributed by atoms with Gasteiger partial charge in [-0.2, -0.15) is 0 Å². The molecule has 1 aliphatic rings. The van der Waals surface area contributed by atoms with Crippen molar-refractivity contribution >= 4 is 33.3 Å². The molecule has 0 saturated heterocycles. The SMILES string of the molecule is CC[C@@H](C)Cc1c(C)sc2nc(CSc3nnc4n3CCCCC4)[nH]c(=O)c12. The number of rotatable bonds is 6. The number of aromatic amines is 1. The second-order valence-corrected chi connectivity index (χ2v) is 9.84. The molecular formula is C20H27N5OS2. The van der Waals surface area contributed by atoms with Crippen LogP contribution in [0, 0.1) is 12.8 Å². The molecule has 0 aromatic carbocycles. The Bertz CT molecular complexity index is 1040. The maximum absolute atomic E-state index is 12.8. The van der Waals surface area contributed by atoms with Crippen LogP contribution in [0.4, 0.5) is 0 Å². The molecule has 3 aromatic heterocycles. The van der Waals surface area contributed by atoms with Crippen molar-refractivity contribution in [3.05, 3.63) is 32.4 Å². The van der Waals surface area contributed by atoms with Crippen LogP contribution in [0.25, 0.3) is 10.2 Å². The predicted octanol–water partition coefficient (Wildman–Crippen LogP) is 4.49. The Kier molecular flexibility index (Phi) is 5.87. The van der Waals surface area contributed by atoms with Gasteiger partial charge in [0, 0.05) is 17.8 Å². The number of nitrogens with one attached hydrogen (secondary N) is 1. The smallest absolute Gasteiger partial charge is 0.259 e. The lowest BCUT2D eigenvalue weighted by Gasteiger charge is -2.08. The molecule has 0 spiro atoms. The van der Waals surface area contributed by atoms with Gasteiger partial charge in [0.1, 0.15) is 16.5 Å². The van der Waals surface area contributed by atoms with Gasteiger partial charge in [0.15, 0.2) is 5.16 Å². The third-order valence-corrected chi connectivity index (χ3v) is 7.59. The van der Waals surface area contributed by atoms with E-state index in [1.807, 2.05) is 0 Å². The Hall–Kier alpha value is -1.67. The van der Waals surface area contributed by atoms with Gasteiger partial charge in [-0.05, 0) is 37.7 Å². The van der Waals surface area contributed by atoms with E-state index in [9.17, 15) is 4.79 Å². The molecule has 150 valence electrons. The number of thiophene rings is 1. The number of fused-ring (bicyclic) bond motifs is 2. The van der Waals surface area contributed by atoms with Crippen molar-refractivity contribution in [3.8, 4) is 0 Å². The zero-order valence-electron chi connectivity index (χ0n) is 16.7. The fraction of sp³-hybridized carbons (Fsp3) is 0.600. The number of hydrogen-bond acceptors (Lipinski definition) is 6. The quantitative estimate of drug-likeness (QED) is 0.598. The number of aromatic nitrogens is 5. The summed E-state index contributed by atoms with van der Waals surface area (Å²) in [4.78, 5) is 22.7. The van der Waals surface area contributed by atoms with Crippen LogP contribution in [-0.4, -0.2) is 24.7 Å². The Morgan fingerprint density at radius 2 is 2.14 bits per heavy atom. The summed E-state index contributed by atoms with van der Waals surface area (Å²) in [7, 11) is 0. The molecule has 4 rings (SSSR count). The molecule has 1 atom stereocenters. The third kappa shape index (κ3) is 3.89. The molecular weight excluding hydrogens is 390 g/mol. The second kappa shape index (κ2) is 8.37. The van der Waals surface area contributed by atoms with E-state index < -0.39 is 0 Å². The van der Waals surface area contributed by atoms with Gasteiger partial charge in [-0.25, -0.2) is 4.98 Å². The number of H-pyrrole nitrogens is 1. The van der Waals surface area contributed by atoms with Crippen LogP contribution in [0.5, 0.6) is 0 Å². The lowest BCUT2D eigenvalue weighted by molar-refractivity contribution is 0.561. The molecule has 28 heavy (non-hydrogen) atoms. The molecule has 1 aliphatic heterocycles. The Labute approximate surface area is 173 Å². The van der Waals surface area contributed by atoms with Crippen molar-refractivity contribution in [3.63, 3.8) is 0 Å². The maximum atomic E-state index is 12.8.